The molecule has 0 bridgehead atoms. The Bertz CT molecular complexity index is 663. The van der Waals surface area contributed by atoms with Crippen LogP contribution < -0.4 is 0 Å². The van der Waals surface area contributed by atoms with E-state index in [-0.39, 0.29) is 25.5 Å². The highest BCUT2D eigenvalue weighted by molar-refractivity contribution is 5.78. The Labute approximate surface area is 152 Å². The van der Waals surface area contributed by atoms with E-state index in [1.807, 2.05) is 30.3 Å². The van der Waals surface area contributed by atoms with Crippen molar-refractivity contribution in [3.63, 3.8) is 0 Å². The molecule has 2 atom stereocenters. The van der Waals surface area contributed by atoms with E-state index >= 15 is 0 Å². The predicted octanol–water partition coefficient (Wildman–Crippen LogP) is 2.46. The quantitative estimate of drug-likeness (QED) is 0.891. The molecule has 1 aromatic carbocycles. The van der Waals surface area contributed by atoms with Gasteiger partial charge in [0, 0.05) is 19.5 Å². The van der Waals surface area contributed by atoms with Gasteiger partial charge >= 0.3 is 12.1 Å². The van der Waals surface area contributed by atoms with Crippen LogP contribution in [0.2, 0.25) is 0 Å². The van der Waals surface area contributed by atoms with E-state index in [1.165, 1.54) is 4.90 Å². The molecule has 7 nitrogen and oxygen atoms in total. The summed E-state index contributed by atoms with van der Waals surface area (Å²) in [5.74, 6) is -1.45. The molecule has 1 N–H and O–H groups in total. The average molecular weight is 360 g/mol. The Kier molecular flexibility index (Phi) is 5.75. The van der Waals surface area contributed by atoms with E-state index in [2.05, 4.69) is 0 Å². The molecule has 0 aromatic heterocycles. The number of carboxylic acids is 1. The molecule has 140 valence electrons. The minimum atomic E-state index is -0.878. The zero-order valence-electron chi connectivity index (χ0n) is 14.7. The van der Waals surface area contributed by atoms with Crippen LogP contribution >= 0.6 is 0 Å². The molecule has 2 saturated heterocycles. The average Bonchev–Trinajstić information content (AvgIpc) is 2.67. The summed E-state index contributed by atoms with van der Waals surface area (Å²) in [4.78, 5) is 39.5. The van der Waals surface area contributed by atoms with Crippen LogP contribution in [0.5, 0.6) is 0 Å². The first kappa shape index (κ1) is 18.2. The fraction of sp³-hybridized carbons (Fsp3) is 0.526. The van der Waals surface area contributed by atoms with Crippen molar-refractivity contribution in [1.82, 2.24) is 9.80 Å². The number of rotatable bonds is 4. The van der Waals surface area contributed by atoms with Gasteiger partial charge in [-0.15, -0.1) is 0 Å². The summed E-state index contributed by atoms with van der Waals surface area (Å²) in [6.45, 7) is 0.983. The monoisotopic (exact) mass is 360 g/mol. The predicted molar refractivity (Wildman–Crippen MR) is 93.0 cm³/mol. The van der Waals surface area contributed by atoms with E-state index in [0.717, 1.165) is 18.4 Å². The molecule has 7 heteroatoms. The van der Waals surface area contributed by atoms with Gasteiger partial charge in [-0.1, -0.05) is 30.3 Å². The number of aliphatic carboxylic acids is 1. The van der Waals surface area contributed by atoms with Crippen molar-refractivity contribution in [3.05, 3.63) is 35.9 Å². The number of carbonyl (C=O) groups excluding carboxylic acids is 2. The lowest BCUT2D eigenvalue weighted by molar-refractivity contribution is -0.151. The van der Waals surface area contributed by atoms with Crippen LogP contribution in [0.25, 0.3) is 0 Å². The molecule has 26 heavy (non-hydrogen) atoms. The number of carboxylic acid groups (broad SMARTS) is 1. The van der Waals surface area contributed by atoms with Crippen molar-refractivity contribution in [3.8, 4) is 0 Å². The van der Waals surface area contributed by atoms with Crippen molar-refractivity contribution in [2.45, 2.75) is 44.9 Å². The molecule has 0 spiro atoms. The third-order valence-corrected chi connectivity index (χ3v) is 5.08. The van der Waals surface area contributed by atoms with Crippen LogP contribution in [-0.2, 0) is 20.9 Å². The van der Waals surface area contributed by atoms with Crippen LogP contribution in [-0.4, -0.2) is 52.1 Å². The summed E-state index contributed by atoms with van der Waals surface area (Å²) >= 11 is 0. The molecule has 2 heterocycles. The van der Waals surface area contributed by atoms with Crippen LogP contribution in [0, 0.1) is 5.92 Å². The maximum absolute atomic E-state index is 12.6. The Balaban J connectivity index is 1.70. The van der Waals surface area contributed by atoms with Crippen LogP contribution in [0.3, 0.4) is 0 Å². The minimum absolute atomic E-state index is 0.0202. The van der Waals surface area contributed by atoms with Crippen molar-refractivity contribution in [2.75, 3.05) is 13.1 Å². The zero-order chi connectivity index (χ0) is 18.5. The highest BCUT2D eigenvalue weighted by Crippen LogP contribution is 2.29. The third-order valence-electron chi connectivity index (χ3n) is 5.08. The van der Waals surface area contributed by atoms with Crippen molar-refractivity contribution in [1.29, 1.82) is 0 Å². The Hall–Kier alpha value is -2.57. The summed E-state index contributed by atoms with van der Waals surface area (Å²) in [7, 11) is 0. The molecule has 3 rings (SSSR count). The summed E-state index contributed by atoms with van der Waals surface area (Å²) in [5, 5.41) is 9.36. The number of piperidine rings is 2. The van der Waals surface area contributed by atoms with Crippen LogP contribution in [0.1, 0.15) is 37.7 Å². The van der Waals surface area contributed by atoms with Crippen molar-refractivity contribution in [2.24, 2.45) is 5.92 Å². The summed E-state index contributed by atoms with van der Waals surface area (Å²) in [6.07, 6.45) is 1.73. The molecule has 2 aliphatic rings. The van der Waals surface area contributed by atoms with E-state index in [4.69, 9.17) is 4.74 Å². The largest absolute Gasteiger partial charge is 0.481 e. The standard InChI is InChI=1S/C19H24N2O5/c22-17-8-4-5-10-20(17)16-12-15(18(23)24)9-11-21(16)19(25)26-13-14-6-2-1-3-7-14/h1-3,6-7,15-16H,4-5,8-13H2,(H,23,24). The number of ether oxygens (including phenoxy) is 1. The van der Waals surface area contributed by atoms with Crippen molar-refractivity contribution >= 4 is 18.0 Å². The van der Waals surface area contributed by atoms with Gasteiger partial charge < -0.3 is 14.7 Å². The second kappa shape index (κ2) is 8.21. The van der Waals surface area contributed by atoms with E-state index in [9.17, 15) is 19.5 Å². The first-order chi connectivity index (χ1) is 12.6. The molecule has 2 unspecified atom stereocenters. The molecule has 0 radical (unpaired) electrons. The number of benzene rings is 1. The normalized spacial score (nSPS) is 23.6. The Morgan fingerprint density at radius 3 is 2.62 bits per heavy atom. The van der Waals surface area contributed by atoms with Gasteiger partial charge in [0.2, 0.25) is 5.91 Å². The molecule has 2 fully saturated rings. The highest BCUT2D eigenvalue weighted by Gasteiger charge is 2.40. The molecule has 0 aliphatic carbocycles. The zero-order valence-corrected chi connectivity index (χ0v) is 14.7. The van der Waals surface area contributed by atoms with Gasteiger partial charge in [-0.25, -0.2) is 4.79 Å². The number of carbonyl (C=O) groups is 3. The number of hydrogen-bond donors (Lipinski definition) is 1. The molecule has 0 saturated carbocycles. The van der Waals surface area contributed by atoms with E-state index < -0.39 is 24.1 Å². The maximum Gasteiger partial charge on any atom is 0.411 e. The number of nitrogens with zero attached hydrogens (tertiary/aromatic N) is 2. The van der Waals surface area contributed by atoms with Gasteiger partial charge in [-0.2, -0.15) is 0 Å². The fourth-order valence-electron chi connectivity index (χ4n) is 3.62. The molecule has 2 aliphatic heterocycles. The van der Waals surface area contributed by atoms with E-state index in [0.29, 0.717) is 19.4 Å². The lowest BCUT2D eigenvalue weighted by Gasteiger charge is -2.44. The van der Waals surface area contributed by atoms with Gasteiger partial charge in [0.05, 0.1) is 5.92 Å². The Morgan fingerprint density at radius 1 is 1.15 bits per heavy atom. The fourth-order valence-corrected chi connectivity index (χ4v) is 3.62. The lowest BCUT2D eigenvalue weighted by Crippen LogP contribution is -2.58. The van der Waals surface area contributed by atoms with Gasteiger partial charge in [0.25, 0.3) is 0 Å². The van der Waals surface area contributed by atoms with Crippen LogP contribution in [0.4, 0.5) is 4.79 Å². The maximum atomic E-state index is 12.6. The SMILES string of the molecule is O=C(O)C1CCN(C(=O)OCc2ccccc2)C(N2CCCCC2=O)C1. The summed E-state index contributed by atoms with van der Waals surface area (Å²) < 4.78 is 5.42. The smallest absolute Gasteiger partial charge is 0.411 e. The van der Waals surface area contributed by atoms with Gasteiger partial charge in [0.15, 0.2) is 0 Å². The second-order valence-electron chi connectivity index (χ2n) is 6.82. The number of likely N-dealkylation sites (tertiary alicyclic amines) is 2. The molecular weight excluding hydrogens is 336 g/mol. The molecule has 2 amide bonds. The van der Waals surface area contributed by atoms with Crippen LogP contribution in [0.15, 0.2) is 30.3 Å². The second-order valence-corrected chi connectivity index (χ2v) is 6.82. The van der Waals surface area contributed by atoms with Gasteiger partial charge in [-0.3, -0.25) is 14.5 Å². The topological polar surface area (TPSA) is 87.2 Å². The van der Waals surface area contributed by atoms with E-state index in [1.54, 1.807) is 4.90 Å². The van der Waals surface area contributed by atoms with Crippen molar-refractivity contribution < 1.29 is 24.2 Å². The minimum Gasteiger partial charge on any atom is -0.481 e. The summed E-state index contributed by atoms with van der Waals surface area (Å²) in [6, 6.07) is 9.37. The number of hydrogen-bond acceptors (Lipinski definition) is 4. The van der Waals surface area contributed by atoms with Gasteiger partial charge in [0.1, 0.15) is 12.8 Å². The Morgan fingerprint density at radius 2 is 1.92 bits per heavy atom. The first-order valence-electron chi connectivity index (χ1n) is 9.06. The highest BCUT2D eigenvalue weighted by atomic mass is 16.6. The van der Waals surface area contributed by atoms with Gasteiger partial charge in [-0.05, 0) is 31.2 Å². The molecular formula is C19H24N2O5. The molecule has 1 aromatic rings. The summed E-state index contributed by atoms with van der Waals surface area (Å²) in [5.41, 5.74) is 0.881. The lowest BCUT2D eigenvalue weighted by atomic mass is 9.93. The first-order valence-corrected chi connectivity index (χ1v) is 9.06. The third kappa shape index (κ3) is 4.15. The number of amides is 2.